The van der Waals surface area contributed by atoms with Crippen LogP contribution in [0.3, 0.4) is 0 Å². The maximum absolute atomic E-state index is 11.8. The first-order chi connectivity index (χ1) is 15.7. The number of carbonyl (C=O) groups is 1. The van der Waals surface area contributed by atoms with Gasteiger partial charge in [0.1, 0.15) is 0 Å². The molecular formula is C21H19N9OS. The topological polar surface area (TPSA) is 104 Å². The van der Waals surface area contributed by atoms with Crippen molar-refractivity contribution in [1.29, 1.82) is 0 Å². The molecule has 1 saturated heterocycles. The van der Waals surface area contributed by atoms with Crippen LogP contribution in [0, 0.1) is 0 Å². The number of fused-ring (bicyclic) bond motifs is 2. The lowest BCUT2D eigenvalue weighted by molar-refractivity contribution is 0.101. The average Bonchev–Trinajstić information content (AvgIpc) is 3.55. The molecule has 1 aromatic carbocycles. The number of benzene rings is 1. The summed E-state index contributed by atoms with van der Waals surface area (Å²) in [5.74, 6) is 0.405. The molecular weight excluding hydrogens is 426 g/mol. The molecule has 2 aliphatic rings. The van der Waals surface area contributed by atoms with Crippen LogP contribution in [0.25, 0.3) is 16.9 Å². The van der Waals surface area contributed by atoms with E-state index < -0.39 is 0 Å². The Morgan fingerprint density at radius 1 is 1.09 bits per heavy atom. The number of piperazine rings is 1. The van der Waals surface area contributed by atoms with Crippen molar-refractivity contribution in [3.63, 3.8) is 0 Å². The molecule has 0 aliphatic carbocycles. The largest absolute Gasteiger partial charge is 0.344 e. The van der Waals surface area contributed by atoms with Gasteiger partial charge in [-0.3, -0.25) is 9.20 Å². The molecule has 0 radical (unpaired) electrons. The number of imidazole rings is 1. The van der Waals surface area contributed by atoms with Crippen molar-refractivity contribution in [2.75, 3.05) is 43.4 Å². The smallest absolute Gasteiger partial charge is 0.277 e. The van der Waals surface area contributed by atoms with Crippen molar-refractivity contribution in [2.45, 2.75) is 0 Å². The Kier molecular flexibility index (Phi) is 4.44. The summed E-state index contributed by atoms with van der Waals surface area (Å²) in [5.41, 5.74) is 3.92. The van der Waals surface area contributed by atoms with E-state index in [0.717, 1.165) is 48.1 Å². The number of rotatable bonds is 4. The zero-order valence-electron chi connectivity index (χ0n) is 17.3. The van der Waals surface area contributed by atoms with Gasteiger partial charge in [0, 0.05) is 55.9 Å². The van der Waals surface area contributed by atoms with E-state index in [1.807, 2.05) is 22.7 Å². The fourth-order valence-electron chi connectivity index (χ4n) is 3.93. The molecule has 1 amide bonds. The monoisotopic (exact) mass is 445 g/mol. The highest BCUT2D eigenvalue weighted by Gasteiger charge is 2.20. The van der Waals surface area contributed by atoms with Gasteiger partial charge in [-0.05, 0) is 19.2 Å². The van der Waals surface area contributed by atoms with E-state index in [4.69, 9.17) is 0 Å². The lowest BCUT2D eigenvalue weighted by Crippen LogP contribution is -2.44. The van der Waals surface area contributed by atoms with Gasteiger partial charge in [-0.1, -0.05) is 17.4 Å². The number of likely N-dealkylation sites (N-methyl/N-ethyl adjacent to an activating group) is 1. The second kappa shape index (κ2) is 7.46. The molecule has 0 saturated carbocycles. The molecule has 2 aliphatic heterocycles. The van der Waals surface area contributed by atoms with Crippen LogP contribution >= 0.6 is 11.3 Å². The fourth-order valence-corrected chi connectivity index (χ4v) is 4.73. The lowest BCUT2D eigenvalue weighted by atomic mass is 10.0. The van der Waals surface area contributed by atoms with E-state index in [-0.39, 0.29) is 5.91 Å². The number of anilines is 3. The highest BCUT2D eigenvalue weighted by molar-refractivity contribution is 7.19. The first-order valence-corrected chi connectivity index (χ1v) is 11.1. The summed E-state index contributed by atoms with van der Waals surface area (Å²) in [6.45, 7) is 3.92. The van der Waals surface area contributed by atoms with Crippen molar-refractivity contribution < 1.29 is 4.79 Å². The van der Waals surface area contributed by atoms with Crippen LogP contribution in [-0.4, -0.2) is 74.8 Å². The molecule has 6 rings (SSSR count). The molecule has 32 heavy (non-hydrogen) atoms. The Balaban J connectivity index is 1.29. The predicted molar refractivity (Wildman–Crippen MR) is 123 cm³/mol. The zero-order chi connectivity index (χ0) is 21.7. The van der Waals surface area contributed by atoms with Gasteiger partial charge in [-0.25, -0.2) is 15.0 Å². The van der Waals surface area contributed by atoms with Crippen LogP contribution in [0.5, 0.6) is 0 Å². The Labute approximate surface area is 187 Å². The maximum atomic E-state index is 11.8. The van der Waals surface area contributed by atoms with Crippen molar-refractivity contribution in [1.82, 2.24) is 29.5 Å². The van der Waals surface area contributed by atoms with E-state index >= 15 is 0 Å². The minimum atomic E-state index is -0.204. The Bertz CT molecular complexity index is 1370. The van der Waals surface area contributed by atoms with Gasteiger partial charge < -0.3 is 15.1 Å². The first kappa shape index (κ1) is 19.0. The summed E-state index contributed by atoms with van der Waals surface area (Å²) in [6.07, 6.45) is 7.01. The summed E-state index contributed by atoms with van der Waals surface area (Å²) in [6, 6.07) is 5.65. The third-order valence-corrected chi connectivity index (χ3v) is 6.64. The molecule has 10 nitrogen and oxygen atoms in total. The number of carbonyl (C=O) groups excluding carboxylic acids is 1. The number of hydrogen-bond donors (Lipinski definition) is 1. The Hall–Kier alpha value is -3.70. The summed E-state index contributed by atoms with van der Waals surface area (Å²) >= 11 is 1.51. The van der Waals surface area contributed by atoms with Gasteiger partial charge >= 0.3 is 0 Å². The number of nitrogens with zero attached hydrogens (tertiary/aromatic N) is 8. The minimum Gasteiger partial charge on any atom is -0.344 e. The van der Waals surface area contributed by atoms with E-state index in [2.05, 4.69) is 47.3 Å². The standard InChI is InChI=1S/C21H19N9OS/c1-28-6-8-29(9-7-28)21-27-26-20(32-21)25-17-18-22-4-5-30(18)16(12-23-17)13-2-3-15-14(10-13)11-24-19(15)31/h2-5,10-12H,6-9H2,1H3,(H,23,25,26). The van der Waals surface area contributed by atoms with Gasteiger partial charge in [-0.15, -0.1) is 10.2 Å². The number of hydrogen-bond acceptors (Lipinski definition) is 9. The SMILES string of the molecule is CN1CCN(c2nnc(Nc3ncc(-c4ccc5c(c4)C=NC5=O)n4ccnc34)s2)CC1. The molecule has 0 unspecified atom stereocenters. The van der Waals surface area contributed by atoms with Crippen LogP contribution in [-0.2, 0) is 0 Å². The normalized spacial score (nSPS) is 16.2. The van der Waals surface area contributed by atoms with E-state index in [1.54, 1.807) is 24.7 Å². The highest BCUT2D eigenvalue weighted by Crippen LogP contribution is 2.30. The van der Waals surface area contributed by atoms with Crippen molar-refractivity contribution in [2.24, 2.45) is 4.99 Å². The third-order valence-electron chi connectivity index (χ3n) is 5.74. The summed E-state index contributed by atoms with van der Waals surface area (Å²) < 4.78 is 1.97. The third kappa shape index (κ3) is 3.22. The highest BCUT2D eigenvalue weighted by atomic mass is 32.1. The van der Waals surface area contributed by atoms with Crippen LogP contribution < -0.4 is 10.2 Å². The fraction of sp³-hybridized carbons (Fsp3) is 0.238. The first-order valence-electron chi connectivity index (χ1n) is 10.2. The second-order valence-electron chi connectivity index (χ2n) is 7.78. The second-order valence-corrected chi connectivity index (χ2v) is 8.74. The molecule has 0 bridgehead atoms. The van der Waals surface area contributed by atoms with Crippen LogP contribution in [0.2, 0.25) is 0 Å². The van der Waals surface area contributed by atoms with Gasteiger partial charge in [0.2, 0.25) is 10.3 Å². The quantitative estimate of drug-likeness (QED) is 0.510. The van der Waals surface area contributed by atoms with Crippen molar-refractivity contribution in [3.05, 3.63) is 47.9 Å². The number of amides is 1. The predicted octanol–water partition coefficient (Wildman–Crippen LogP) is 2.32. The molecule has 0 atom stereocenters. The zero-order valence-corrected chi connectivity index (χ0v) is 18.1. The van der Waals surface area contributed by atoms with Crippen molar-refractivity contribution in [3.8, 4) is 11.3 Å². The van der Waals surface area contributed by atoms with Crippen LogP contribution in [0.1, 0.15) is 15.9 Å². The van der Waals surface area contributed by atoms with E-state index in [9.17, 15) is 4.79 Å². The molecule has 3 aromatic heterocycles. The van der Waals surface area contributed by atoms with E-state index in [1.165, 1.54) is 11.3 Å². The maximum Gasteiger partial charge on any atom is 0.277 e. The van der Waals surface area contributed by atoms with Gasteiger partial charge in [0.15, 0.2) is 11.5 Å². The molecule has 1 fully saturated rings. The molecule has 160 valence electrons. The van der Waals surface area contributed by atoms with Gasteiger partial charge in [0.25, 0.3) is 5.91 Å². The Morgan fingerprint density at radius 3 is 2.84 bits per heavy atom. The molecule has 11 heteroatoms. The van der Waals surface area contributed by atoms with E-state index in [0.29, 0.717) is 22.2 Å². The van der Waals surface area contributed by atoms with Crippen LogP contribution in [0.4, 0.5) is 16.1 Å². The summed E-state index contributed by atoms with van der Waals surface area (Å²) in [7, 11) is 2.13. The molecule has 1 N–H and O–H groups in total. The number of aliphatic imine (C=N–C) groups is 1. The number of aromatic nitrogens is 5. The summed E-state index contributed by atoms with van der Waals surface area (Å²) in [4.78, 5) is 29.3. The van der Waals surface area contributed by atoms with Gasteiger partial charge in [-0.2, -0.15) is 0 Å². The minimum absolute atomic E-state index is 0.204. The van der Waals surface area contributed by atoms with Crippen molar-refractivity contribution >= 4 is 45.2 Å². The van der Waals surface area contributed by atoms with Crippen LogP contribution in [0.15, 0.2) is 41.8 Å². The molecule has 5 heterocycles. The number of nitrogens with one attached hydrogen (secondary N) is 1. The molecule has 4 aromatic rings. The van der Waals surface area contributed by atoms with Gasteiger partial charge in [0.05, 0.1) is 17.5 Å². The lowest BCUT2D eigenvalue weighted by Gasteiger charge is -2.31. The average molecular weight is 446 g/mol. The Morgan fingerprint density at radius 2 is 1.97 bits per heavy atom. The molecule has 0 spiro atoms. The summed E-state index contributed by atoms with van der Waals surface area (Å²) in [5, 5.41) is 13.5.